The number of pyridine rings is 1. The fourth-order valence-corrected chi connectivity index (χ4v) is 5.80. The first kappa shape index (κ1) is 24.2. The van der Waals surface area contributed by atoms with Crippen LogP contribution in [-0.4, -0.2) is 52.6 Å². The highest BCUT2D eigenvalue weighted by atomic mass is 79.9. The molecule has 10 heteroatoms. The summed E-state index contributed by atoms with van der Waals surface area (Å²) < 4.78 is 3.75. The quantitative estimate of drug-likeness (QED) is 0.275. The van der Waals surface area contributed by atoms with Crippen LogP contribution >= 0.6 is 27.5 Å². The zero-order valence-corrected chi connectivity index (χ0v) is 21.6. The average molecular weight is 560 g/mol. The Labute approximate surface area is 218 Å². The Bertz CT molecular complexity index is 1200. The van der Waals surface area contributed by atoms with E-state index in [1.165, 1.54) is 0 Å². The van der Waals surface area contributed by atoms with Gasteiger partial charge in [-0.3, -0.25) is 9.69 Å². The fourth-order valence-electron chi connectivity index (χ4n) is 5.14. The summed E-state index contributed by atoms with van der Waals surface area (Å²) in [6, 6.07) is 7.37. The van der Waals surface area contributed by atoms with Crippen LogP contribution in [0.4, 0.5) is 0 Å². The smallest absolute Gasteiger partial charge is 0.238 e. The standard InChI is InChI=1S/C25H28BrClN6O2/c26-19-12-18-3-2-17-13-20(27)4-5-21(17)24(23(18)33(35)14-19)32-11-8-29-22(15-32)25(34)30-6-1-9-31-10-7-28-16-31/h4-5,7,10,12-14,16,22,24,29H,1-3,6,8-9,11,15H2,(H,30,34). The van der Waals surface area contributed by atoms with Crippen molar-refractivity contribution in [3.05, 3.63) is 86.3 Å². The van der Waals surface area contributed by atoms with Gasteiger partial charge < -0.3 is 20.4 Å². The van der Waals surface area contributed by atoms with E-state index in [2.05, 4.69) is 36.4 Å². The summed E-state index contributed by atoms with van der Waals surface area (Å²) in [5, 5.41) is 20.3. The second-order valence-corrected chi connectivity index (χ2v) is 10.4. The molecule has 0 bridgehead atoms. The van der Waals surface area contributed by atoms with Crippen molar-refractivity contribution in [2.45, 2.75) is 37.9 Å². The van der Waals surface area contributed by atoms with Crippen LogP contribution in [0, 0.1) is 5.21 Å². The number of hydrogen-bond acceptors (Lipinski definition) is 5. The molecule has 8 nitrogen and oxygen atoms in total. The number of halogens is 2. The Kier molecular flexibility index (Phi) is 7.38. The number of imidazole rings is 1. The SMILES string of the molecule is O=C(NCCCn1ccnc1)C1CN(C2c3ccc(Cl)cc3CCc3cc(Br)c[n+]([O-])c32)CCN1. The van der Waals surface area contributed by atoms with Gasteiger partial charge in [-0.05, 0) is 64.5 Å². The largest absolute Gasteiger partial charge is 0.618 e. The predicted molar refractivity (Wildman–Crippen MR) is 137 cm³/mol. The molecule has 0 radical (unpaired) electrons. The number of aryl methyl sites for hydroxylation is 3. The lowest BCUT2D eigenvalue weighted by molar-refractivity contribution is -0.617. The zero-order valence-electron chi connectivity index (χ0n) is 19.3. The number of rotatable bonds is 6. The molecule has 1 amide bonds. The molecule has 1 fully saturated rings. The third-order valence-electron chi connectivity index (χ3n) is 6.78. The Balaban J connectivity index is 1.36. The van der Waals surface area contributed by atoms with Crippen LogP contribution in [0.3, 0.4) is 0 Å². The molecule has 5 rings (SSSR count). The molecule has 1 saturated heterocycles. The lowest BCUT2D eigenvalue weighted by atomic mass is 9.95. The summed E-state index contributed by atoms with van der Waals surface area (Å²) in [5.74, 6) is -0.0173. The Morgan fingerprint density at radius 1 is 1.31 bits per heavy atom. The molecule has 35 heavy (non-hydrogen) atoms. The number of benzene rings is 1. The highest BCUT2D eigenvalue weighted by molar-refractivity contribution is 9.10. The van der Waals surface area contributed by atoms with Crippen LogP contribution in [0.25, 0.3) is 0 Å². The first-order valence-electron chi connectivity index (χ1n) is 11.9. The Morgan fingerprint density at radius 2 is 2.17 bits per heavy atom. The molecule has 2 aliphatic rings. The van der Waals surface area contributed by atoms with Crippen molar-refractivity contribution in [1.82, 2.24) is 25.1 Å². The van der Waals surface area contributed by atoms with Gasteiger partial charge in [0.2, 0.25) is 11.6 Å². The summed E-state index contributed by atoms with van der Waals surface area (Å²) in [4.78, 5) is 19.3. The lowest BCUT2D eigenvalue weighted by Gasteiger charge is -2.38. The number of fused-ring (bicyclic) bond motifs is 2. The normalized spacial score (nSPS) is 20.1. The summed E-state index contributed by atoms with van der Waals surface area (Å²) in [6.45, 7) is 3.30. The first-order chi connectivity index (χ1) is 17.0. The Hall–Kier alpha value is -2.46. The number of hydrogen-bond donors (Lipinski definition) is 2. The average Bonchev–Trinajstić information content (AvgIpc) is 3.31. The minimum Gasteiger partial charge on any atom is -0.618 e. The van der Waals surface area contributed by atoms with Crippen LogP contribution in [0.2, 0.25) is 5.02 Å². The zero-order chi connectivity index (χ0) is 24.4. The molecule has 2 unspecified atom stereocenters. The van der Waals surface area contributed by atoms with Gasteiger partial charge in [0, 0.05) is 55.7 Å². The van der Waals surface area contributed by atoms with Crippen molar-refractivity contribution < 1.29 is 9.52 Å². The molecule has 184 valence electrons. The maximum atomic E-state index is 13.2. The molecule has 0 saturated carbocycles. The number of carbonyl (C=O) groups excluding carboxylic acids is 1. The van der Waals surface area contributed by atoms with E-state index in [1.807, 2.05) is 35.0 Å². The molecular formula is C25H28BrClN6O2. The van der Waals surface area contributed by atoms with Crippen LogP contribution in [0.1, 0.15) is 34.8 Å². The van der Waals surface area contributed by atoms with Gasteiger partial charge in [0.15, 0.2) is 6.20 Å². The molecular weight excluding hydrogens is 532 g/mol. The monoisotopic (exact) mass is 558 g/mol. The molecule has 1 aliphatic heterocycles. The van der Waals surface area contributed by atoms with E-state index in [1.54, 1.807) is 18.7 Å². The third kappa shape index (κ3) is 5.38. The maximum absolute atomic E-state index is 13.2. The molecule has 3 heterocycles. The van der Waals surface area contributed by atoms with Crippen LogP contribution < -0.4 is 15.4 Å². The van der Waals surface area contributed by atoms with Gasteiger partial charge in [0.25, 0.3) is 0 Å². The van der Waals surface area contributed by atoms with E-state index in [0.29, 0.717) is 24.7 Å². The van der Waals surface area contributed by atoms with E-state index in [-0.39, 0.29) is 18.0 Å². The highest BCUT2D eigenvalue weighted by Crippen LogP contribution is 2.37. The number of carbonyl (C=O) groups is 1. The predicted octanol–water partition coefficient (Wildman–Crippen LogP) is 2.60. The number of nitrogens with one attached hydrogen (secondary N) is 2. The van der Waals surface area contributed by atoms with Crippen molar-refractivity contribution in [3.63, 3.8) is 0 Å². The number of piperazine rings is 1. The van der Waals surface area contributed by atoms with Gasteiger partial charge in [0.1, 0.15) is 6.04 Å². The topological polar surface area (TPSA) is 89.1 Å². The van der Waals surface area contributed by atoms with Crippen LogP contribution in [-0.2, 0) is 24.2 Å². The Morgan fingerprint density at radius 3 is 3.00 bits per heavy atom. The minimum atomic E-state index is -0.352. The van der Waals surface area contributed by atoms with E-state index in [9.17, 15) is 10.0 Å². The van der Waals surface area contributed by atoms with Crippen molar-refractivity contribution in [3.8, 4) is 0 Å². The minimum absolute atomic E-state index is 0.0173. The van der Waals surface area contributed by atoms with Gasteiger partial charge >= 0.3 is 0 Å². The fraction of sp³-hybridized carbons (Fsp3) is 0.400. The van der Waals surface area contributed by atoms with E-state index < -0.39 is 0 Å². The summed E-state index contributed by atoms with van der Waals surface area (Å²) >= 11 is 9.81. The molecule has 1 aromatic carbocycles. The second-order valence-electron chi connectivity index (χ2n) is 9.09. The molecule has 2 atom stereocenters. The number of aromatic nitrogens is 3. The maximum Gasteiger partial charge on any atom is 0.238 e. The lowest BCUT2D eigenvalue weighted by Crippen LogP contribution is -2.58. The molecule has 0 spiro atoms. The van der Waals surface area contributed by atoms with Crippen molar-refractivity contribution in [2.75, 3.05) is 26.2 Å². The van der Waals surface area contributed by atoms with Gasteiger partial charge in [-0.25, -0.2) is 4.98 Å². The van der Waals surface area contributed by atoms with Crippen molar-refractivity contribution in [2.24, 2.45) is 0 Å². The first-order valence-corrected chi connectivity index (χ1v) is 13.1. The third-order valence-corrected chi connectivity index (χ3v) is 7.45. The van der Waals surface area contributed by atoms with Gasteiger partial charge in [-0.2, -0.15) is 4.73 Å². The molecule has 2 N–H and O–H groups in total. The van der Waals surface area contributed by atoms with Crippen molar-refractivity contribution in [1.29, 1.82) is 0 Å². The molecule has 3 aromatic rings. The summed E-state index contributed by atoms with van der Waals surface area (Å²) in [7, 11) is 0. The highest BCUT2D eigenvalue weighted by Gasteiger charge is 2.38. The second kappa shape index (κ2) is 10.7. The van der Waals surface area contributed by atoms with Crippen molar-refractivity contribution >= 4 is 33.4 Å². The van der Waals surface area contributed by atoms with Gasteiger partial charge in [0.05, 0.1) is 16.8 Å². The number of nitrogens with zero attached hydrogens (tertiary/aromatic N) is 4. The molecule has 2 aromatic heterocycles. The van der Waals surface area contributed by atoms with Gasteiger partial charge in [-0.15, -0.1) is 0 Å². The van der Waals surface area contributed by atoms with Crippen LogP contribution in [0.5, 0.6) is 0 Å². The van der Waals surface area contributed by atoms with E-state index >= 15 is 0 Å². The van der Waals surface area contributed by atoms with E-state index in [4.69, 9.17) is 11.6 Å². The number of amides is 1. The van der Waals surface area contributed by atoms with E-state index in [0.717, 1.165) is 63.9 Å². The van der Waals surface area contributed by atoms with Crippen LogP contribution in [0.15, 0.2) is 53.7 Å². The summed E-state index contributed by atoms with van der Waals surface area (Å²) in [6.07, 6.45) is 9.41. The molecule has 1 aliphatic carbocycles. The van der Waals surface area contributed by atoms with Gasteiger partial charge in [-0.1, -0.05) is 17.7 Å². The summed E-state index contributed by atoms with van der Waals surface area (Å²) in [5.41, 5.74) is 3.98.